The van der Waals surface area contributed by atoms with Crippen LogP contribution >= 0.6 is 12.4 Å². The monoisotopic (exact) mass is 285 g/mol. The van der Waals surface area contributed by atoms with Crippen LogP contribution in [0.4, 0.5) is 0 Å². The number of halogens is 1. The van der Waals surface area contributed by atoms with Gasteiger partial charge in [0.15, 0.2) is 0 Å². The maximum Gasteiger partial charge on any atom is 0.255 e. The first kappa shape index (κ1) is 15.7. The fourth-order valence-electron chi connectivity index (χ4n) is 2.30. The minimum atomic E-state index is -0.0988. The number of nitrogens with one attached hydrogen (secondary N) is 1. The van der Waals surface area contributed by atoms with Crippen LogP contribution < -0.4 is 10.9 Å². The molecule has 1 unspecified atom stereocenters. The predicted molar refractivity (Wildman–Crippen MR) is 76.9 cm³/mol. The molecule has 19 heavy (non-hydrogen) atoms. The number of nitrogens with zero attached hydrogens (tertiary/aromatic N) is 2. The molecule has 1 N–H and O–H groups in total. The summed E-state index contributed by atoms with van der Waals surface area (Å²) in [4.78, 5) is 25.5. The number of likely N-dealkylation sites (N-methyl/N-ethyl adjacent to an activating group) is 1. The van der Waals surface area contributed by atoms with E-state index in [1.165, 1.54) is 10.6 Å². The molecular formula is C13H20ClN3O2. The van der Waals surface area contributed by atoms with E-state index >= 15 is 0 Å². The van der Waals surface area contributed by atoms with Gasteiger partial charge in [-0.25, -0.2) is 0 Å². The molecule has 0 saturated carbocycles. The summed E-state index contributed by atoms with van der Waals surface area (Å²) in [5.74, 6) is 0.00514. The third-order valence-electron chi connectivity index (χ3n) is 3.45. The Hall–Kier alpha value is -1.33. The number of hydrogen-bond acceptors (Lipinski definition) is 3. The van der Waals surface area contributed by atoms with E-state index in [1.807, 2.05) is 11.9 Å². The van der Waals surface area contributed by atoms with Crippen molar-refractivity contribution >= 4 is 18.3 Å². The lowest BCUT2D eigenvalue weighted by Gasteiger charge is -2.32. The summed E-state index contributed by atoms with van der Waals surface area (Å²) in [6.45, 7) is 1.53. The van der Waals surface area contributed by atoms with E-state index in [1.54, 1.807) is 19.3 Å². The number of aryl methyl sites for hydroxylation is 1. The summed E-state index contributed by atoms with van der Waals surface area (Å²) in [5.41, 5.74) is 0.479. The molecule has 2 heterocycles. The van der Waals surface area contributed by atoms with Crippen LogP contribution in [-0.4, -0.2) is 41.6 Å². The van der Waals surface area contributed by atoms with Crippen molar-refractivity contribution in [3.63, 3.8) is 0 Å². The Labute approximate surface area is 119 Å². The van der Waals surface area contributed by atoms with Crippen LogP contribution in [-0.2, 0) is 7.05 Å². The van der Waals surface area contributed by atoms with Crippen molar-refractivity contribution < 1.29 is 4.79 Å². The molecule has 1 aliphatic heterocycles. The SMILES string of the molecule is CNC1CCCN(C(=O)c2ccc(=O)n(C)c2)C1.Cl. The van der Waals surface area contributed by atoms with E-state index in [2.05, 4.69) is 5.32 Å². The zero-order valence-electron chi connectivity index (χ0n) is 11.3. The number of carbonyl (C=O) groups excluding carboxylic acids is 1. The van der Waals surface area contributed by atoms with E-state index < -0.39 is 0 Å². The molecule has 0 aliphatic carbocycles. The van der Waals surface area contributed by atoms with Crippen LogP contribution in [0.2, 0.25) is 0 Å². The van der Waals surface area contributed by atoms with Gasteiger partial charge >= 0.3 is 0 Å². The minimum absolute atomic E-state index is 0. The fraction of sp³-hybridized carbons (Fsp3) is 0.538. The highest BCUT2D eigenvalue weighted by atomic mass is 35.5. The Balaban J connectivity index is 0.00000180. The molecule has 106 valence electrons. The second-order valence-corrected chi connectivity index (χ2v) is 4.75. The van der Waals surface area contributed by atoms with E-state index in [-0.39, 0.29) is 23.9 Å². The largest absolute Gasteiger partial charge is 0.337 e. The van der Waals surface area contributed by atoms with Gasteiger partial charge in [-0.1, -0.05) is 0 Å². The number of rotatable bonds is 2. The zero-order chi connectivity index (χ0) is 13.1. The molecule has 1 aliphatic rings. The Morgan fingerprint density at radius 1 is 1.42 bits per heavy atom. The molecule has 0 aromatic carbocycles. The van der Waals surface area contributed by atoms with Crippen molar-refractivity contribution in [2.24, 2.45) is 7.05 Å². The van der Waals surface area contributed by atoms with Crippen LogP contribution in [0, 0.1) is 0 Å². The van der Waals surface area contributed by atoms with Gasteiger partial charge in [-0.2, -0.15) is 0 Å². The third-order valence-corrected chi connectivity index (χ3v) is 3.45. The molecule has 1 atom stereocenters. The van der Waals surface area contributed by atoms with Crippen LogP contribution in [0.25, 0.3) is 0 Å². The average Bonchev–Trinajstić information content (AvgIpc) is 2.41. The third kappa shape index (κ3) is 3.58. The lowest BCUT2D eigenvalue weighted by atomic mass is 10.1. The molecule has 0 bridgehead atoms. The topological polar surface area (TPSA) is 54.3 Å². The highest BCUT2D eigenvalue weighted by Crippen LogP contribution is 2.12. The van der Waals surface area contributed by atoms with Gasteiger partial charge in [-0.15, -0.1) is 12.4 Å². The second kappa shape index (κ2) is 6.73. The van der Waals surface area contributed by atoms with Crippen LogP contribution in [0.15, 0.2) is 23.1 Å². The first-order valence-corrected chi connectivity index (χ1v) is 6.25. The average molecular weight is 286 g/mol. The molecule has 5 nitrogen and oxygen atoms in total. The molecule has 1 aromatic heterocycles. The van der Waals surface area contributed by atoms with E-state index in [9.17, 15) is 9.59 Å². The number of amides is 1. The number of aromatic nitrogens is 1. The van der Waals surface area contributed by atoms with Gasteiger partial charge in [-0.05, 0) is 26.0 Å². The molecule has 1 saturated heterocycles. The standard InChI is InChI=1S/C13H19N3O2.ClH/c1-14-11-4-3-7-16(9-11)13(18)10-5-6-12(17)15(2)8-10;/h5-6,8,11,14H,3-4,7,9H2,1-2H3;1H. The number of pyridine rings is 1. The maximum atomic E-state index is 12.3. The van der Waals surface area contributed by atoms with E-state index in [0.29, 0.717) is 11.6 Å². The quantitative estimate of drug-likeness (QED) is 0.867. The van der Waals surface area contributed by atoms with Crippen LogP contribution in [0.3, 0.4) is 0 Å². The minimum Gasteiger partial charge on any atom is -0.337 e. The molecule has 6 heteroatoms. The van der Waals surface area contributed by atoms with Gasteiger partial charge in [0.25, 0.3) is 5.91 Å². The lowest BCUT2D eigenvalue weighted by Crippen LogP contribution is -2.47. The van der Waals surface area contributed by atoms with Gasteiger partial charge in [0.2, 0.25) is 5.56 Å². The van der Waals surface area contributed by atoms with Gasteiger partial charge in [0.1, 0.15) is 0 Å². The van der Waals surface area contributed by atoms with Crippen molar-refractivity contribution in [1.29, 1.82) is 0 Å². The Bertz CT molecular complexity index is 501. The molecule has 0 spiro atoms. The highest BCUT2D eigenvalue weighted by Gasteiger charge is 2.23. The molecule has 2 rings (SSSR count). The van der Waals surface area contributed by atoms with Gasteiger partial charge in [0, 0.05) is 38.4 Å². The number of carbonyl (C=O) groups is 1. The summed E-state index contributed by atoms with van der Waals surface area (Å²) < 4.78 is 1.44. The molecule has 0 radical (unpaired) electrons. The number of hydrogen-bond donors (Lipinski definition) is 1. The van der Waals surface area contributed by atoms with Crippen molar-refractivity contribution in [2.75, 3.05) is 20.1 Å². The van der Waals surface area contributed by atoms with E-state index in [4.69, 9.17) is 0 Å². The summed E-state index contributed by atoms with van der Waals surface area (Å²) in [6, 6.07) is 3.41. The summed E-state index contributed by atoms with van der Waals surface area (Å²) in [7, 11) is 3.58. The molecule has 1 fully saturated rings. The highest BCUT2D eigenvalue weighted by molar-refractivity contribution is 5.94. The number of piperidine rings is 1. The normalized spacial score (nSPS) is 18.8. The first-order chi connectivity index (χ1) is 8.61. The van der Waals surface area contributed by atoms with Crippen molar-refractivity contribution in [1.82, 2.24) is 14.8 Å². The zero-order valence-corrected chi connectivity index (χ0v) is 12.1. The Morgan fingerprint density at radius 3 is 2.79 bits per heavy atom. The van der Waals surface area contributed by atoms with Crippen LogP contribution in [0.1, 0.15) is 23.2 Å². The van der Waals surface area contributed by atoms with Crippen molar-refractivity contribution in [2.45, 2.75) is 18.9 Å². The van der Waals surface area contributed by atoms with Crippen molar-refractivity contribution in [3.8, 4) is 0 Å². The van der Waals surface area contributed by atoms with Crippen molar-refractivity contribution in [3.05, 3.63) is 34.2 Å². The number of likely N-dealkylation sites (tertiary alicyclic amines) is 1. The summed E-state index contributed by atoms with van der Waals surface area (Å²) in [5, 5.41) is 3.21. The molecule has 1 amide bonds. The summed E-state index contributed by atoms with van der Waals surface area (Å²) >= 11 is 0. The van der Waals surface area contributed by atoms with Gasteiger partial charge < -0.3 is 14.8 Å². The summed E-state index contributed by atoms with van der Waals surface area (Å²) in [6.07, 6.45) is 3.73. The van der Waals surface area contributed by atoms with Gasteiger partial charge in [-0.3, -0.25) is 9.59 Å². The Morgan fingerprint density at radius 2 is 2.16 bits per heavy atom. The fourth-order valence-corrected chi connectivity index (χ4v) is 2.30. The smallest absolute Gasteiger partial charge is 0.255 e. The van der Waals surface area contributed by atoms with Crippen LogP contribution in [0.5, 0.6) is 0 Å². The second-order valence-electron chi connectivity index (χ2n) is 4.75. The lowest BCUT2D eigenvalue weighted by molar-refractivity contribution is 0.0697. The molecule has 1 aromatic rings. The van der Waals surface area contributed by atoms with Gasteiger partial charge in [0.05, 0.1) is 5.56 Å². The molecular weight excluding hydrogens is 266 g/mol. The maximum absolute atomic E-state index is 12.3. The first-order valence-electron chi connectivity index (χ1n) is 6.25. The Kier molecular flexibility index (Phi) is 5.57. The predicted octanol–water partition coefficient (Wildman–Crippen LogP) is 0.631. The van der Waals surface area contributed by atoms with E-state index in [0.717, 1.165) is 25.9 Å².